The number of Topliss-reactive ketones (excluding diaryl/α,β-unsaturated/α-hetero) is 2. The fraction of sp³-hybridized carbons (Fsp3) is 0.457. The van der Waals surface area contributed by atoms with Crippen LogP contribution in [0.25, 0.3) is 0 Å². The van der Waals surface area contributed by atoms with Crippen LogP contribution >= 0.6 is 11.6 Å². The Balaban J connectivity index is 1.49. The molecule has 5 rings (SSSR count). The van der Waals surface area contributed by atoms with Crippen molar-refractivity contribution in [3.05, 3.63) is 81.2 Å². The lowest BCUT2D eigenvalue weighted by Crippen LogP contribution is -2.44. The summed E-state index contributed by atoms with van der Waals surface area (Å²) in [5.74, 6) is -0.190. The van der Waals surface area contributed by atoms with E-state index in [2.05, 4.69) is 44.8 Å². The van der Waals surface area contributed by atoms with Crippen LogP contribution < -0.4 is 10.1 Å². The number of nitrogens with zero attached hydrogens (tertiary/aromatic N) is 1. The predicted molar refractivity (Wildman–Crippen MR) is 167 cm³/mol. The maximum absolute atomic E-state index is 13.9. The van der Waals surface area contributed by atoms with Crippen LogP contribution in [0, 0.1) is 17.8 Å². The lowest BCUT2D eigenvalue weighted by atomic mass is 9.63. The van der Waals surface area contributed by atoms with E-state index in [4.69, 9.17) is 16.3 Å². The number of amides is 1. The van der Waals surface area contributed by atoms with E-state index in [1.807, 2.05) is 37.3 Å². The van der Waals surface area contributed by atoms with Crippen molar-refractivity contribution in [2.75, 3.05) is 18.5 Å². The highest BCUT2D eigenvalue weighted by molar-refractivity contribution is 6.32. The summed E-state index contributed by atoms with van der Waals surface area (Å²) in [4.78, 5) is 42.5. The summed E-state index contributed by atoms with van der Waals surface area (Å²) in [7, 11) is 0. The molecule has 1 amide bonds. The van der Waals surface area contributed by atoms with Gasteiger partial charge in [0, 0.05) is 53.5 Å². The first kappa shape index (κ1) is 30.1. The van der Waals surface area contributed by atoms with Gasteiger partial charge in [0.1, 0.15) is 5.75 Å². The number of allylic oxidation sites excluding steroid dienone is 4. The van der Waals surface area contributed by atoms with Crippen molar-refractivity contribution in [1.82, 2.24) is 4.90 Å². The van der Waals surface area contributed by atoms with Crippen molar-refractivity contribution in [3.8, 4) is 5.75 Å². The fourth-order valence-corrected chi connectivity index (χ4v) is 6.91. The van der Waals surface area contributed by atoms with Gasteiger partial charge in [0.2, 0.25) is 0 Å². The molecule has 42 heavy (non-hydrogen) atoms. The largest absolute Gasteiger partial charge is 0.482 e. The van der Waals surface area contributed by atoms with Crippen molar-refractivity contribution >= 4 is 34.8 Å². The topological polar surface area (TPSA) is 75.7 Å². The molecular weight excluding hydrogens is 548 g/mol. The van der Waals surface area contributed by atoms with Gasteiger partial charge in [0.05, 0.1) is 5.02 Å². The molecule has 0 atom stereocenters. The van der Waals surface area contributed by atoms with E-state index >= 15 is 0 Å². The number of hydrogen-bond acceptors (Lipinski definition) is 5. The highest BCUT2D eigenvalue weighted by atomic mass is 35.5. The van der Waals surface area contributed by atoms with E-state index in [1.54, 1.807) is 12.1 Å². The number of halogens is 1. The number of benzene rings is 2. The molecule has 0 unspecified atom stereocenters. The van der Waals surface area contributed by atoms with Gasteiger partial charge >= 0.3 is 0 Å². The summed E-state index contributed by atoms with van der Waals surface area (Å²) in [5, 5.41) is 3.16. The summed E-state index contributed by atoms with van der Waals surface area (Å²) < 4.78 is 5.79. The highest BCUT2D eigenvalue weighted by Gasteiger charge is 2.48. The van der Waals surface area contributed by atoms with E-state index in [0.29, 0.717) is 29.3 Å². The molecule has 1 heterocycles. The maximum atomic E-state index is 13.9. The van der Waals surface area contributed by atoms with Crippen molar-refractivity contribution in [3.63, 3.8) is 0 Å². The second-order valence-electron chi connectivity index (χ2n) is 13.6. The Morgan fingerprint density at radius 1 is 0.929 bits per heavy atom. The molecule has 1 N–H and O–H groups in total. The van der Waals surface area contributed by atoms with Gasteiger partial charge in [-0.05, 0) is 66.8 Å². The first-order valence-corrected chi connectivity index (χ1v) is 15.3. The Morgan fingerprint density at radius 3 is 2.02 bits per heavy atom. The third kappa shape index (κ3) is 6.05. The lowest BCUT2D eigenvalue weighted by molar-refractivity contribution is -0.120. The molecule has 0 radical (unpaired) electrons. The van der Waals surface area contributed by atoms with Gasteiger partial charge < -0.3 is 15.0 Å². The molecule has 6 nitrogen and oxygen atoms in total. The summed E-state index contributed by atoms with van der Waals surface area (Å²) in [5.41, 5.74) is 5.85. The molecule has 222 valence electrons. The Bertz CT molecular complexity index is 1450. The molecule has 7 heteroatoms. The second-order valence-corrected chi connectivity index (χ2v) is 14.0. The Hall–Kier alpha value is -3.38. The molecule has 2 aliphatic carbocycles. The first-order chi connectivity index (χ1) is 19.8. The molecule has 2 aromatic carbocycles. The van der Waals surface area contributed by atoms with Crippen LogP contribution in [0.3, 0.4) is 0 Å². The minimum Gasteiger partial charge on any atom is -0.482 e. The standard InChI is InChI=1S/C35H41ClN2O4/c1-7-14-38-25-16-34(3,4)18-27(39)32(25)31(33-26(38)17-35(5,6)19-28(33)40)22-10-13-29(24(36)15-22)42-20-30(41)37-23-11-8-21(2)9-12-23/h8-13,15,31H,7,14,16-20H2,1-6H3,(H,37,41). The summed E-state index contributed by atoms with van der Waals surface area (Å²) in [6.45, 7) is 13.3. The van der Waals surface area contributed by atoms with Crippen LogP contribution in [0.2, 0.25) is 5.02 Å². The molecule has 2 aromatic rings. The third-order valence-electron chi connectivity index (χ3n) is 8.45. The fourth-order valence-electron chi connectivity index (χ4n) is 6.67. The molecule has 3 aliphatic rings. The number of nitrogens with one attached hydrogen (secondary N) is 1. The molecule has 0 saturated heterocycles. The number of ketones is 2. The quantitative estimate of drug-likeness (QED) is 0.358. The van der Waals surface area contributed by atoms with E-state index in [1.165, 1.54) is 0 Å². The zero-order valence-corrected chi connectivity index (χ0v) is 26.3. The predicted octanol–water partition coefficient (Wildman–Crippen LogP) is 7.76. The van der Waals surface area contributed by atoms with Crippen molar-refractivity contribution in [2.45, 2.75) is 79.6 Å². The molecular formula is C35H41ClN2O4. The Morgan fingerprint density at radius 2 is 1.50 bits per heavy atom. The zero-order chi connectivity index (χ0) is 30.4. The van der Waals surface area contributed by atoms with E-state index in [-0.39, 0.29) is 34.9 Å². The van der Waals surface area contributed by atoms with Gasteiger partial charge in [-0.15, -0.1) is 0 Å². The number of hydrogen-bond donors (Lipinski definition) is 1. The summed E-state index contributed by atoms with van der Waals surface area (Å²) in [6.07, 6.45) is 3.35. The number of rotatable bonds is 7. The van der Waals surface area contributed by atoms with E-state index in [0.717, 1.165) is 59.5 Å². The van der Waals surface area contributed by atoms with Crippen LogP contribution in [0.15, 0.2) is 65.0 Å². The summed E-state index contributed by atoms with van der Waals surface area (Å²) in [6, 6.07) is 13.0. The van der Waals surface area contributed by atoms with Crippen molar-refractivity contribution in [2.24, 2.45) is 10.8 Å². The smallest absolute Gasteiger partial charge is 0.262 e. The molecule has 0 fully saturated rings. The normalized spacial score (nSPS) is 19.9. The third-order valence-corrected chi connectivity index (χ3v) is 8.75. The van der Waals surface area contributed by atoms with Crippen LogP contribution in [-0.4, -0.2) is 35.5 Å². The lowest BCUT2D eigenvalue weighted by Gasteiger charge is -2.49. The Kier molecular flexibility index (Phi) is 8.14. The molecule has 1 aliphatic heterocycles. The zero-order valence-electron chi connectivity index (χ0n) is 25.5. The van der Waals surface area contributed by atoms with Gasteiger partial charge in [0.15, 0.2) is 18.2 Å². The molecule has 0 aromatic heterocycles. The SMILES string of the molecule is CCCN1C2=C(C(=O)CC(C)(C)C2)C(c2ccc(OCC(=O)Nc3ccc(C)cc3)c(Cl)c2)C2=C1CC(C)(C)CC2=O. The average molecular weight is 589 g/mol. The van der Waals surface area contributed by atoms with Crippen LogP contribution in [0.5, 0.6) is 5.75 Å². The second kappa shape index (κ2) is 11.4. The monoisotopic (exact) mass is 588 g/mol. The summed E-state index contributed by atoms with van der Waals surface area (Å²) >= 11 is 6.73. The molecule has 0 saturated carbocycles. The minimum absolute atomic E-state index is 0.0979. The maximum Gasteiger partial charge on any atom is 0.262 e. The van der Waals surface area contributed by atoms with E-state index < -0.39 is 5.92 Å². The highest BCUT2D eigenvalue weighted by Crippen LogP contribution is 2.54. The number of aryl methyl sites for hydroxylation is 1. The molecule has 0 spiro atoms. The van der Waals surface area contributed by atoms with Crippen LogP contribution in [0.1, 0.15) is 83.8 Å². The van der Waals surface area contributed by atoms with Gasteiger partial charge in [0.25, 0.3) is 5.91 Å². The number of carbonyl (C=O) groups excluding carboxylic acids is 3. The van der Waals surface area contributed by atoms with Crippen molar-refractivity contribution < 1.29 is 19.1 Å². The van der Waals surface area contributed by atoms with Crippen LogP contribution in [-0.2, 0) is 14.4 Å². The van der Waals surface area contributed by atoms with E-state index in [9.17, 15) is 14.4 Å². The van der Waals surface area contributed by atoms with Gasteiger partial charge in [-0.3, -0.25) is 14.4 Å². The number of ether oxygens (including phenoxy) is 1. The average Bonchev–Trinajstić information content (AvgIpc) is 2.88. The van der Waals surface area contributed by atoms with Gasteiger partial charge in [-0.2, -0.15) is 0 Å². The van der Waals surface area contributed by atoms with Gasteiger partial charge in [-0.1, -0.05) is 70.0 Å². The van der Waals surface area contributed by atoms with Crippen molar-refractivity contribution in [1.29, 1.82) is 0 Å². The van der Waals surface area contributed by atoms with Gasteiger partial charge in [-0.25, -0.2) is 0 Å². The number of anilines is 1. The molecule has 0 bridgehead atoms. The number of carbonyl (C=O) groups is 3. The van der Waals surface area contributed by atoms with Crippen LogP contribution in [0.4, 0.5) is 5.69 Å². The Labute approximate surface area is 254 Å². The minimum atomic E-state index is -0.466. The first-order valence-electron chi connectivity index (χ1n) is 14.9.